The first-order valence-electron chi connectivity index (χ1n) is 14.2. The molecule has 2 bridgehead atoms. The Bertz CT molecular complexity index is 1160. The molecule has 0 aromatic carbocycles. The summed E-state index contributed by atoms with van der Waals surface area (Å²) in [6.07, 6.45) is 10.5. The third kappa shape index (κ3) is 4.97. The summed E-state index contributed by atoms with van der Waals surface area (Å²) in [4.78, 5) is 37.6. The van der Waals surface area contributed by atoms with E-state index in [0.29, 0.717) is 26.1 Å². The van der Waals surface area contributed by atoms with Crippen molar-refractivity contribution < 1.29 is 42.8 Å². The molecule has 2 aliphatic carbocycles. The summed E-state index contributed by atoms with van der Waals surface area (Å²) in [5, 5.41) is 0. The number of carbonyl (C=O) groups excluding carboxylic acids is 3. The van der Waals surface area contributed by atoms with E-state index >= 15 is 0 Å². The molecule has 2 spiro atoms. The van der Waals surface area contributed by atoms with E-state index < -0.39 is 52.7 Å². The SMILES string of the molecule is CC(=O)O[C@H](C)[C@H]1/C=C/C=C\C(=O)O[C@@H]2C[C@H]3O[C@@H]4C=C(C)CC[C@]4(COC(=O)/C=C(\C)CCO1)[C@]2(C)C31CO1. The van der Waals surface area contributed by atoms with Crippen molar-refractivity contribution in [2.75, 3.05) is 19.8 Å². The summed E-state index contributed by atoms with van der Waals surface area (Å²) in [5.74, 6) is -1.33. The van der Waals surface area contributed by atoms with Gasteiger partial charge >= 0.3 is 17.9 Å². The van der Waals surface area contributed by atoms with Crippen LogP contribution in [0.1, 0.15) is 60.3 Å². The zero-order valence-electron chi connectivity index (χ0n) is 24.0. The highest BCUT2D eigenvalue weighted by atomic mass is 16.6. The number of ether oxygens (including phenoxy) is 6. The maximum Gasteiger partial charge on any atom is 0.331 e. The molecule has 2 saturated heterocycles. The number of cyclic esters (lactones) is 1. The van der Waals surface area contributed by atoms with Gasteiger partial charge in [0.25, 0.3) is 0 Å². The van der Waals surface area contributed by atoms with Crippen LogP contribution in [0.4, 0.5) is 0 Å². The smallest absolute Gasteiger partial charge is 0.331 e. The summed E-state index contributed by atoms with van der Waals surface area (Å²) >= 11 is 0. The van der Waals surface area contributed by atoms with Gasteiger partial charge in [0.15, 0.2) is 0 Å². The van der Waals surface area contributed by atoms with E-state index in [-0.39, 0.29) is 18.8 Å². The number of epoxide rings is 1. The van der Waals surface area contributed by atoms with Gasteiger partial charge in [-0.15, -0.1) is 0 Å². The standard InChI is InChI=1S/C31H40O9/c1-19-10-12-30-17-36-28(34)15-20(2)11-13-35-23(21(3)38-22(4)32)8-6-7-9-27(33)40-24-16-26(39-25(30)14-19)31(18-37-31)29(24,30)5/h6-9,14-15,21,23-26H,10-13,16-18H2,1-5H3/b8-6+,9-7-,20-15+/t21-,23-,24-,25-,26-,29-,30-,31?/m1/s1. The lowest BCUT2D eigenvalue weighted by molar-refractivity contribution is -0.232. The number of allylic oxidation sites excluding steroid dienone is 3. The third-order valence-electron chi connectivity index (χ3n) is 9.58. The minimum Gasteiger partial charge on any atom is -0.462 e. The van der Waals surface area contributed by atoms with E-state index in [0.717, 1.165) is 18.4 Å². The van der Waals surface area contributed by atoms with Crippen LogP contribution in [-0.4, -0.2) is 73.8 Å². The van der Waals surface area contributed by atoms with Gasteiger partial charge in [0.2, 0.25) is 0 Å². The average Bonchev–Trinajstić information content (AvgIpc) is 3.66. The van der Waals surface area contributed by atoms with Crippen LogP contribution in [0, 0.1) is 10.8 Å². The van der Waals surface area contributed by atoms with Crippen LogP contribution < -0.4 is 0 Å². The Morgan fingerprint density at radius 3 is 2.58 bits per heavy atom. The van der Waals surface area contributed by atoms with E-state index in [1.54, 1.807) is 25.2 Å². The average molecular weight is 557 g/mol. The minimum absolute atomic E-state index is 0.128. The molecule has 3 aliphatic heterocycles. The topological polar surface area (TPSA) is 110 Å². The molecular weight excluding hydrogens is 516 g/mol. The van der Waals surface area contributed by atoms with E-state index in [9.17, 15) is 14.4 Å². The molecule has 0 aromatic rings. The van der Waals surface area contributed by atoms with Gasteiger partial charge < -0.3 is 28.4 Å². The van der Waals surface area contributed by atoms with Crippen molar-refractivity contribution in [3.05, 3.63) is 47.6 Å². The second-order valence-corrected chi connectivity index (χ2v) is 12.0. The molecule has 3 heterocycles. The van der Waals surface area contributed by atoms with Crippen molar-refractivity contribution in [1.82, 2.24) is 0 Å². The second kappa shape index (κ2) is 10.9. The Labute approximate surface area is 235 Å². The first kappa shape index (κ1) is 28.8. The summed E-state index contributed by atoms with van der Waals surface area (Å²) in [5.41, 5.74) is 0.234. The van der Waals surface area contributed by atoms with Crippen molar-refractivity contribution in [2.45, 2.75) is 96.4 Å². The third-order valence-corrected chi connectivity index (χ3v) is 9.58. The fraction of sp³-hybridized carbons (Fsp3) is 0.645. The molecule has 1 unspecified atom stereocenters. The molecule has 0 N–H and O–H groups in total. The summed E-state index contributed by atoms with van der Waals surface area (Å²) in [7, 11) is 0. The van der Waals surface area contributed by atoms with Crippen molar-refractivity contribution in [1.29, 1.82) is 0 Å². The van der Waals surface area contributed by atoms with E-state index in [4.69, 9.17) is 28.4 Å². The van der Waals surface area contributed by atoms with Crippen LogP contribution in [0.15, 0.2) is 47.6 Å². The van der Waals surface area contributed by atoms with E-state index in [1.165, 1.54) is 24.6 Å². The molecule has 0 radical (unpaired) electrons. The minimum atomic E-state index is -0.618. The predicted octanol–water partition coefficient (Wildman–Crippen LogP) is 3.91. The quantitative estimate of drug-likeness (QED) is 0.216. The Hall–Kier alpha value is -2.75. The Morgan fingerprint density at radius 1 is 1.07 bits per heavy atom. The van der Waals surface area contributed by atoms with Crippen molar-refractivity contribution >= 4 is 17.9 Å². The highest BCUT2D eigenvalue weighted by molar-refractivity contribution is 5.83. The number of hydrogen-bond acceptors (Lipinski definition) is 9. The van der Waals surface area contributed by atoms with Gasteiger partial charge in [-0.1, -0.05) is 42.4 Å². The largest absolute Gasteiger partial charge is 0.462 e. The number of carbonyl (C=O) groups is 3. The Morgan fingerprint density at radius 2 is 1.85 bits per heavy atom. The summed E-state index contributed by atoms with van der Waals surface area (Å²) in [6.45, 7) is 10.1. The lowest BCUT2D eigenvalue weighted by Crippen LogP contribution is -2.66. The monoisotopic (exact) mass is 556 g/mol. The van der Waals surface area contributed by atoms with E-state index in [2.05, 4.69) is 19.9 Å². The highest BCUT2D eigenvalue weighted by Gasteiger charge is 2.83. The van der Waals surface area contributed by atoms with Crippen LogP contribution in [0.3, 0.4) is 0 Å². The molecule has 0 amide bonds. The molecule has 218 valence electrons. The number of esters is 3. The van der Waals surface area contributed by atoms with Gasteiger partial charge in [-0.2, -0.15) is 0 Å². The van der Waals surface area contributed by atoms with Gasteiger partial charge in [0.1, 0.15) is 30.5 Å². The molecule has 3 fully saturated rings. The molecule has 5 rings (SSSR count). The van der Waals surface area contributed by atoms with Crippen LogP contribution >= 0.6 is 0 Å². The van der Waals surface area contributed by atoms with Gasteiger partial charge in [0, 0.05) is 30.9 Å². The number of rotatable bonds is 2. The first-order valence-corrected chi connectivity index (χ1v) is 14.2. The Kier molecular flexibility index (Phi) is 7.85. The van der Waals surface area contributed by atoms with Crippen molar-refractivity contribution in [3.63, 3.8) is 0 Å². The first-order chi connectivity index (χ1) is 19.0. The molecule has 9 nitrogen and oxygen atoms in total. The lowest BCUT2D eigenvalue weighted by Gasteiger charge is -2.58. The van der Waals surface area contributed by atoms with Gasteiger partial charge in [-0.3, -0.25) is 4.79 Å². The zero-order chi connectivity index (χ0) is 28.7. The lowest BCUT2D eigenvalue weighted by atomic mass is 9.51. The molecule has 0 aromatic heterocycles. The van der Waals surface area contributed by atoms with Crippen LogP contribution in [-0.2, 0) is 42.8 Å². The molecule has 1 saturated carbocycles. The maximum atomic E-state index is 13.1. The fourth-order valence-electron chi connectivity index (χ4n) is 7.17. The predicted molar refractivity (Wildman–Crippen MR) is 144 cm³/mol. The maximum absolute atomic E-state index is 13.1. The number of hydrogen-bond donors (Lipinski definition) is 0. The van der Waals surface area contributed by atoms with E-state index in [1.807, 2.05) is 6.92 Å². The van der Waals surface area contributed by atoms with Crippen LogP contribution in [0.25, 0.3) is 0 Å². The zero-order valence-corrected chi connectivity index (χ0v) is 24.0. The van der Waals surface area contributed by atoms with Crippen molar-refractivity contribution in [3.8, 4) is 0 Å². The molecule has 40 heavy (non-hydrogen) atoms. The van der Waals surface area contributed by atoms with Crippen LogP contribution in [0.5, 0.6) is 0 Å². The van der Waals surface area contributed by atoms with Gasteiger partial charge in [-0.05, 0) is 40.0 Å². The molecule has 8 atom stereocenters. The van der Waals surface area contributed by atoms with Crippen LogP contribution in [0.2, 0.25) is 0 Å². The summed E-state index contributed by atoms with van der Waals surface area (Å²) in [6, 6.07) is 0. The molecule has 5 aliphatic rings. The van der Waals surface area contributed by atoms with Gasteiger partial charge in [0.05, 0.1) is 30.8 Å². The summed E-state index contributed by atoms with van der Waals surface area (Å²) < 4.78 is 36.1. The Balaban J connectivity index is 1.47. The highest BCUT2D eigenvalue weighted by Crippen LogP contribution is 2.72. The fourth-order valence-corrected chi connectivity index (χ4v) is 7.17. The second-order valence-electron chi connectivity index (χ2n) is 12.0. The normalized spacial score (nSPS) is 43.4. The van der Waals surface area contributed by atoms with Gasteiger partial charge in [-0.25, -0.2) is 9.59 Å². The molecular formula is C31H40O9. The molecule has 9 heteroatoms. The van der Waals surface area contributed by atoms with Crippen molar-refractivity contribution in [2.24, 2.45) is 10.8 Å².